The number of nitrogens with one attached hydrogen (secondary N) is 2. The molecule has 0 saturated carbocycles. The third kappa shape index (κ3) is 2.96. The van der Waals surface area contributed by atoms with Gasteiger partial charge in [0.25, 0.3) is 0 Å². The highest BCUT2D eigenvalue weighted by molar-refractivity contribution is 7.09. The highest BCUT2D eigenvalue weighted by Gasteiger charge is 2.20. The molecule has 5 nitrogen and oxygen atoms in total. The Morgan fingerprint density at radius 3 is 2.90 bits per heavy atom. The van der Waals surface area contributed by atoms with Crippen molar-refractivity contribution >= 4 is 22.7 Å². The molecule has 0 radical (unpaired) electrons. The van der Waals surface area contributed by atoms with Crippen LogP contribution in [-0.4, -0.2) is 21.4 Å². The Bertz CT molecular complexity index is 625. The van der Waals surface area contributed by atoms with Gasteiger partial charge in [-0.05, 0) is 37.3 Å². The van der Waals surface area contributed by atoms with Crippen molar-refractivity contribution in [3.05, 3.63) is 41.2 Å². The van der Waals surface area contributed by atoms with E-state index >= 15 is 0 Å². The molecule has 104 valence electrons. The molecule has 1 heterocycles. The van der Waals surface area contributed by atoms with E-state index in [0.29, 0.717) is 11.0 Å². The summed E-state index contributed by atoms with van der Waals surface area (Å²) in [7, 11) is 0. The molecule has 6 heteroatoms. The molecule has 0 unspecified atom stereocenters. The third-order valence-electron chi connectivity index (χ3n) is 3.43. The van der Waals surface area contributed by atoms with Crippen LogP contribution in [0.15, 0.2) is 24.3 Å². The molecule has 1 aromatic carbocycles. The summed E-state index contributed by atoms with van der Waals surface area (Å²) >= 11 is 1.20. The second-order valence-corrected chi connectivity index (χ2v) is 5.71. The summed E-state index contributed by atoms with van der Waals surface area (Å²) in [6.07, 6.45) is 2.87. The van der Waals surface area contributed by atoms with E-state index < -0.39 is 0 Å². The maximum absolute atomic E-state index is 11.9. The predicted octanol–water partition coefficient (Wildman–Crippen LogP) is 2.53. The third-order valence-corrected chi connectivity index (χ3v) is 4.15. The smallest absolute Gasteiger partial charge is 0.321 e. The standard InChI is InChI=1S/C14H16N4OS/c1-9-15-14(20-18-9)17-13(19)16-12-7-6-10-4-2-3-5-11(10)8-12/h2-5,12H,6-8H2,1H3,(H2,15,16,17,18,19)/t12-/m0/s1. The lowest BCUT2D eigenvalue weighted by molar-refractivity contribution is 0.247. The van der Waals surface area contributed by atoms with Crippen LogP contribution in [0.4, 0.5) is 9.93 Å². The van der Waals surface area contributed by atoms with Gasteiger partial charge in [0, 0.05) is 17.6 Å². The van der Waals surface area contributed by atoms with Crippen molar-refractivity contribution in [2.45, 2.75) is 32.2 Å². The van der Waals surface area contributed by atoms with Gasteiger partial charge in [0.2, 0.25) is 5.13 Å². The number of nitrogens with zero attached hydrogens (tertiary/aromatic N) is 2. The SMILES string of the molecule is Cc1nsc(NC(=O)N[C@H]2CCc3ccccc3C2)n1. The van der Waals surface area contributed by atoms with E-state index in [1.165, 1.54) is 22.7 Å². The Kier molecular flexibility index (Phi) is 3.64. The fourth-order valence-corrected chi connectivity index (χ4v) is 3.06. The quantitative estimate of drug-likeness (QED) is 0.892. The lowest BCUT2D eigenvalue weighted by Crippen LogP contribution is -2.41. The van der Waals surface area contributed by atoms with Crippen molar-refractivity contribution in [2.24, 2.45) is 0 Å². The summed E-state index contributed by atoms with van der Waals surface area (Å²) in [5, 5.41) is 6.27. The molecule has 3 rings (SSSR count). The minimum absolute atomic E-state index is 0.180. The molecule has 1 atom stereocenters. The van der Waals surface area contributed by atoms with Gasteiger partial charge < -0.3 is 5.32 Å². The Morgan fingerprint density at radius 1 is 1.35 bits per heavy atom. The van der Waals surface area contributed by atoms with Crippen LogP contribution in [0.1, 0.15) is 23.4 Å². The molecule has 2 amide bonds. The Balaban J connectivity index is 1.58. The number of anilines is 1. The van der Waals surface area contributed by atoms with Crippen LogP contribution < -0.4 is 10.6 Å². The van der Waals surface area contributed by atoms with Gasteiger partial charge in [0.05, 0.1) is 0 Å². The van der Waals surface area contributed by atoms with Crippen molar-refractivity contribution < 1.29 is 4.79 Å². The Labute approximate surface area is 121 Å². The summed E-state index contributed by atoms with van der Waals surface area (Å²) in [4.78, 5) is 16.0. The lowest BCUT2D eigenvalue weighted by Gasteiger charge is -2.25. The van der Waals surface area contributed by atoms with Crippen LogP contribution in [0, 0.1) is 6.92 Å². The molecule has 0 spiro atoms. The second kappa shape index (κ2) is 5.58. The first kappa shape index (κ1) is 13.1. The number of aromatic nitrogens is 2. The predicted molar refractivity (Wildman–Crippen MR) is 79.1 cm³/mol. The highest BCUT2D eigenvalue weighted by Crippen LogP contribution is 2.21. The van der Waals surface area contributed by atoms with Gasteiger partial charge in [0.1, 0.15) is 5.82 Å². The van der Waals surface area contributed by atoms with Crippen LogP contribution in [-0.2, 0) is 12.8 Å². The molecule has 0 aliphatic heterocycles. The first-order valence-electron chi connectivity index (χ1n) is 6.65. The van der Waals surface area contributed by atoms with Crippen LogP contribution >= 0.6 is 11.5 Å². The summed E-state index contributed by atoms with van der Waals surface area (Å²) in [5.41, 5.74) is 2.72. The number of hydrogen-bond acceptors (Lipinski definition) is 4. The summed E-state index contributed by atoms with van der Waals surface area (Å²) in [6, 6.07) is 8.39. The Morgan fingerprint density at radius 2 is 2.15 bits per heavy atom. The maximum atomic E-state index is 11.9. The van der Waals surface area contributed by atoms with Gasteiger partial charge in [-0.15, -0.1) is 0 Å². The summed E-state index contributed by atoms with van der Waals surface area (Å²) < 4.78 is 4.03. The number of carbonyl (C=O) groups is 1. The monoisotopic (exact) mass is 288 g/mol. The fraction of sp³-hybridized carbons (Fsp3) is 0.357. The number of fused-ring (bicyclic) bond motifs is 1. The topological polar surface area (TPSA) is 66.9 Å². The van der Waals surface area contributed by atoms with Gasteiger partial charge >= 0.3 is 6.03 Å². The van der Waals surface area contributed by atoms with E-state index in [0.717, 1.165) is 19.3 Å². The molecule has 1 aliphatic carbocycles. The highest BCUT2D eigenvalue weighted by atomic mass is 32.1. The average Bonchev–Trinajstić information content (AvgIpc) is 2.83. The Hall–Kier alpha value is -1.95. The largest absolute Gasteiger partial charge is 0.335 e. The molecule has 0 bridgehead atoms. The van der Waals surface area contributed by atoms with Crippen LogP contribution in [0.2, 0.25) is 0 Å². The van der Waals surface area contributed by atoms with Gasteiger partial charge in [0.15, 0.2) is 0 Å². The normalized spacial score (nSPS) is 17.4. The first-order chi connectivity index (χ1) is 9.70. The number of amides is 2. The molecule has 2 N–H and O–H groups in total. The van der Waals surface area contributed by atoms with Gasteiger partial charge in [-0.2, -0.15) is 4.37 Å². The van der Waals surface area contributed by atoms with Crippen LogP contribution in [0.25, 0.3) is 0 Å². The fourth-order valence-electron chi connectivity index (χ4n) is 2.49. The van der Waals surface area contributed by atoms with E-state index in [9.17, 15) is 4.79 Å². The van der Waals surface area contributed by atoms with E-state index in [-0.39, 0.29) is 12.1 Å². The zero-order valence-corrected chi connectivity index (χ0v) is 12.0. The van der Waals surface area contributed by atoms with Crippen LogP contribution in [0.5, 0.6) is 0 Å². The number of benzene rings is 1. The number of urea groups is 1. The zero-order chi connectivity index (χ0) is 13.9. The van der Waals surface area contributed by atoms with Gasteiger partial charge in [-0.3, -0.25) is 5.32 Å². The molecular weight excluding hydrogens is 272 g/mol. The molecular formula is C14H16N4OS. The van der Waals surface area contributed by atoms with Crippen molar-refractivity contribution in [2.75, 3.05) is 5.32 Å². The van der Waals surface area contributed by atoms with Crippen molar-refractivity contribution in [1.29, 1.82) is 0 Å². The second-order valence-electron chi connectivity index (χ2n) is 4.95. The lowest BCUT2D eigenvalue weighted by atomic mass is 9.88. The van der Waals surface area contributed by atoms with E-state index in [1.807, 2.05) is 6.07 Å². The van der Waals surface area contributed by atoms with Crippen molar-refractivity contribution in [3.63, 3.8) is 0 Å². The van der Waals surface area contributed by atoms with Gasteiger partial charge in [-0.1, -0.05) is 24.3 Å². The molecule has 0 saturated heterocycles. The molecule has 20 heavy (non-hydrogen) atoms. The zero-order valence-electron chi connectivity index (χ0n) is 11.2. The van der Waals surface area contributed by atoms with Crippen molar-refractivity contribution in [1.82, 2.24) is 14.7 Å². The average molecular weight is 288 g/mol. The van der Waals surface area contributed by atoms with Crippen LogP contribution in [0.3, 0.4) is 0 Å². The first-order valence-corrected chi connectivity index (χ1v) is 7.42. The van der Waals surface area contributed by atoms with Gasteiger partial charge in [-0.25, -0.2) is 9.78 Å². The molecule has 1 aromatic heterocycles. The van der Waals surface area contributed by atoms with Crippen molar-refractivity contribution in [3.8, 4) is 0 Å². The number of aryl methyl sites for hydroxylation is 2. The number of hydrogen-bond donors (Lipinski definition) is 2. The maximum Gasteiger partial charge on any atom is 0.321 e. The minimum atomic E-state index is -0.203. The minimum Gasteiger partial charge on any atom is -0.335 e. The van der Waals surface area contributed by atoms with E-state index in [2.05, 4.69) is 38.2 Å². The molecule has 0 fully saturated rings. The summed E-state index contributed by atoms with van der Waals surface area (Å²) in [5.74, 6) is 0.678. The van der Waals surface area contributed by atoms with E-state index in [1.54, 1.807) is 6.92 Å². The molecule has 2 aromatic rings. The number of rotatable bonds is 2. The number of carbonyl (C=O) groups excluding carboxylic acids is 1. The van der Waals surface area contributed by atoms with E-state index in [4.69, 9.17) is 0 Å². The summed E-state index contributed by atoms with van der Waals surface area (Å²) in [6.45, 7) is 1.80. The molecule has 1 aliphatic rings.